The summed E-state index contributed by atoms with van der Waals surface area (Å²) in [6.07, 6.45) is 1.34. The molecule has 1 saturated heterocycles. The summed E-state index contributed by atoms with van der Waals surface area (Å²) in [5, 5.41) is 8.28. The molecule has 1 N–H and O–H groups in total. The number of amides is 2. The quantitative estimate of drug-likeness (QED) is 0.913. The second-order valence-corrected chi connectivity index (χ2v) is 7.56. The summed E-state index contributed by atoms with van der Waals surface area (Å²) in [6.45, 7) is 8.66. The van der Waals surface area contributed by atoms with Crippen molar-refractivity contribution in [2.24, 2.45) is 5.92 Å². The molecule has 0 spiro atoms. The molecule has 0 aromatic carbocycles. The van der Waals surface area contributed by atoms with Gasteiger partial charge < -0.3 is 15.0 Å². The van der Waals surface area contributed by atoms with Gasteiger partial charge in [0.05, 0.1) is 0 Å². The number of hydrogen-bond donors (Lipinski definition) is 1. The molecule has 128 valence electrons. The number of piperidine rings is 1. The first-order valence-corrected chi connectivity index (χ1v) is 8.65. The Morgan fingerprint density at radius 3 is 2.83 bits per heavy atom. The molecule has 1 aliphatic heterocycles. The third-order valence-electron chi connectivity index (χ3n) is 3.70. The van der Waals surface area contributed by atoms with Gasteiger partial charge in [-0.05, 0) is 51.1 Å². The summed E-state index contributed by atoms with van der Waals surface area (Å²) >= 11 is 1.16. The fourth-order valence-electron chi connectivity index (χ4n) is 2.63. The van der Waals surface area contributed by atoms with Gasteiger partial charge >= 0.3 is 6.09 Å². The lowest BCUT2D eigenvalue weighted by atomic mass is 9.92. The molecule has 2 rings (SSSR count). The van der Waals surface area contributed by atoms with Crippen molar-refractivity contribution in [2.45, 2.75) is 52.2 Å². The monoisotopic (exact) mass is 340 g/mol. The van der Waals surface area contributed by atoms with E-state index in [2.05, 4.69) is 21.8 Å². The second kappa shape index (κ2) is 7.25. The summed E-state index contributed by atoms with van der Waals surface area (Å²) in [5.41, 5.74) is -0.169. The van der Waals surface area contributed by atoms with Crippen LogP contribution in [0.3, 0.4) is 0 Å². The van der Waals surface area contributed by atoms with Crippen LogP contribution >= 0.6 is 11.5 Å². The number of ether oxygens (including phenoxy) is 1. The number of rotatable bonds is 3. The number of nitrogens with zero attached hydrogens (tertiary/aromatic N) is 3. The molecular formula is C15H24N4O3S. The molecule has 2 heterocycles. The van der Waals surface area contributed by atoms with E-state index in [9.17, 15) is 9.59 Å². The van der Waals surface area contributed by atoms with E-state index < -0.39 is 11.7 Å². The van der Waals surface area contributed by atoms with Crippen molar-refractivity contribution >= 4 is 23.5 Å². The van der Waals surface area contributed by atoms with Crippen LogP contribution in [-0.4, -0.2) is 51.2 Å². The molecule has 0 saturated carbocycles. The van der Waals surface area contributed by atoms with Crippen molar-refractivity contribution < 1.29 is 14.3 Å². The molecular weight excluding hydrogens is 316 g/mol. The van der Waals surface area contributed by atoms with Crippen molar-refractivity contribution in [3.63, 3.8) is 0 Å². The highest BCUT2D eigenvalue weighted by Crippen LogP contribution is 2.24. The Hall–Kier alpha value is -1.70. The average molecular weight is 340 g/mol. The normalized spacial score (nSPS) is 21.8. The maximum atomic E-state index is 12.5. The Kier molecular flexibility index (Phi) is 5.56. The third-order valence-corrected chi connectivity index (χ3v) is 4.20. The van der Waals surface area contributed by atoms with Gasteiger partial charge in [0.1, 0.15) is 5.60 Å². The Balaban J connectivity index is 1.98. The maximum absolute atomic E-state index is 12.5. The lowest BCUT2D eigenvalue weighted by Gasteiger charge is -2.38. The highest BCUT2D eigenvalue weighted by Gasteiger charge is 2.32. The lowest BCUT2D eigenvalue weighted by Crippen LogP contribution is -2.51. The van der Waals surface area contributed by atoms with Crippen LogP contribution in [0.1, 0.15) is 51.0 Å². The molecule has 1 aromatic heterocycles. The van der Waals surface area contributed by atoms with Gasteiger partial charge in [0.15, 0.2) is 5.69 Å². The van der Waals surface area contributed by atoms with E-state index in [0.717, 1.165) is 24.4 Å². The molecule has 8 heteroatoms. The Bertz CT molecular complexity index is 541. The first-order valence-electron chi connectivity index (χ1n) is 7.81. The number of carbonyl (C=O) groups is 2. The van der Waals surface area contributed by atoms with Crippen LogP contribution in [-0.2, 0) is 4.74 Å². The summed E-state index contributed by atoms with van der Waals surface area (Å²) in [5.74, 6) is 0.389. The number of hydrogen-bond acceptors (Lipinski definition) is 6. The lowest BCUT2D eigenvalue weighted by molar-refractivity contribution is 0.0434. The summed E-state index contributed by atoms with van der Waals surface area (Å²) in [7, 11) is 0. The van der Waals surface area contributed by atoms with Gasteiger partial charge in [-0.1, -0.05) is 11.4 Å². The zero-order chi connectivity index (χ0) is 17.0. The SMILES string of the molecule is C[C@@H]1CCN(C(=O)c2csnn2)[C@H](CNC(=O)OC(C)(C)C)C1. The fraction of sp³-hybridized carbons (Fsp3) is 0.733. The predicted molar refractivity (Wildman–Crippen MR) is 87.4 cm³/mol. The minimum atomic E-state index is -0.536. The van der Waals surface area contributed by atoms with Crippen molar-refractivity contribution in [1.82, 2.24) is 19.8 Å². The van der Waals surface area contributed by atoms with Crippen LogP contribution in [0.4, 0.5) is 4.79 Å². The second-order valence-electron chi connectivity index (χ2n) is 6.95. The first kappa shape index (κ1) is 17.7. The van der Waals surface area contributed by atoms with Crippen molar-refractivity contribution in [2.75, 3.05) is 13.1 Å². The summed E-state index contributed by atoms with van der Waals surface area (Å²) < 4.78 is 9.00. The van der Waals surface area contributed by atoms with E-state index in [1.165, 1.54) is 0 Å². The molecule has 2 amide bonds. The van der Waals surface area contributed by atoms with Gasteiger partial charge in [0.2, 0.25) is 0 Å². The zero-order valence-corrected chi connectivity index (χ0v) is 14.9. The van der Waals surface area contributed by atoms with E-state index in [4.69, 9.17) is 4.74 Å². The molecule has 0 radical (unpaired) electrons. The molecule has 1 aliphatic rings. The third kappa shape index (κ3) is 5.16. The van der Waals surface area contributed by atoms with Gasteiger partial charge in [-0.3, -0.25) is 4.79 Å². The van der Waals surface area contributed by atoms with Crippen molar-refractivity contribution in [1.29, 1.82) is 0 Å². The standard InChI is InChI=1S/C15H24N4O3S/c1-10-5-6-19(13(20)12-9-23-18-17-12)11(7-10)8-16-14(21)22-15(2,3)4/h9-11H,5-8H2,1-4H3,(H,16,21)/t10-,11+/m1/s1. The van der Waals surface area contributed by atoms with Crippen LogP contribution in [0, 0.1) is 5.92 Å². The molecule has 23 heavy (non-hydrogen) atoms. The minimum absolute atomic E-state index is 0.0551. The van der Waals surface area contributed by atoms with Crippen LogP contribution < -0.4 is 5.32 Å². The van der Waals surface area contributed by atoms with E-state index in [0.29, 0.717) is 24.7 Å². The molecule has 1 fully saturated rings. The van der Waals surface area contributed by atoms with E-state index >= 15 is 0 Å². The maximum Gasteiger partial charge on any atom is 0.407 e. The minimum Gasteiger partial charge on any atom is -0.444 e. The van der Waals surface area contributed by atoms with Crippen molar-refractivity contribution in [3.05, 3.63) is 11.1 Å². The molecule has 1 aromatic rings. The highest BCUT2D eigenvalue weighted by atomic mass is 32.1. The smallest absolute Gasteiger partial charge is 0.407 e. The number of carbonyl (C=O) groups excluding carboxylic acids is 2. The summed E-state index contributed by atoms with van der Waals surface area (Å²) in [6, 6.07) is -0.0551. The van der Waals surface area contributed by atoms with Crippen molar-refractivity contribution in [3.8, 4) is 0 Å². The van der Waals surface area contributed by atoms with E-state index in [1.807, 2.05) is 20.8 Å². The average Bonchev–Trinajstić information content (AvgIpc) is 2.97. The van der Waals surface area contributed by atoms with Gasteiger partial charge in [0, 0.05) is 24.5 Å². The molecule has 0 aliphatic carbocycles. The zero-order valence-electron chi connectivity index (χ0n) is 14.0. The molecule has 0 bridgehead atoms. The van der Waals surface area contributed by atoms with Gasteiger partial charge in [0.25, 0.3) is 5.91 Å². The molecule has 0 unspecified atom stereocenters. The highest BCUT2D eigenvalue weighted by molar-refractivity contribution is 7.03. The van der Waals surface area contributed by atoms with E-state index in [-0.39, 0.29) is 11.9 Å². The predicted octanol–water partition coefficient (Wildman–Crippen LogP) is 2.30. The first-order chi connectivity index (χ1) is 10.8. The Morgan fingerprint density at radius 1 is 1.48 bits per heavy atom. The molecule has 7 nitrogen and oxygen atoms in total. The van der Waals surface area contributed by atoms with Gasteiger partial charge in [-0.25, -0.2) is 4.79 Å². The summed E-state index contributed by atoms with van der Waals surface area (Å²) in [4.78, 5) is 26.2. The number of nitrogens with one attached hydrogen (secondary N) is 1. The number of likely N-dealkylation sites (tertiary alicyclic amines) is 1. The van der Waals surface area contributed by atoms with Crippen LogP contribution in [0.25, 0.3) is 0 Å². The topological polar surface area (TPSA) is 84.4 Å². The number of aromatic nitrogens is 2. The Labute approximate surface area is 140 Å². The van der Waals surface area contributed by atoms with E-state index in [1.54, 1.807) is 10.3 Å². The fourth-order valence-corrected chi connectivity index (χ4v) is 3.06. The Morgan fingerprint density at radius 2 is 2.22 bits per heavy atom. The van der Waals surface area contributed by atoms with Gasteiger partial charge in [-0.2, -0.15) is 0 Å². The van der Waals surface area contributed by atoms with Crippen LogP contribution in [0.5, 0.6) is 0 Å². The van der Waals surface area contributed by atoms with Gasteiger partial charge in [-0.15, -0.1) is 5.10 Å². The largest absolute Gasteiger partial charge is 0.444 e. The molecule has 2 atom stereocenters. The van der Waals surface area contributed by atoms with Crippen LogP contribution in [0.15, 0.2) is 5.38 Å². The van der Waals surface area contributed by atoms with Crippen LogP contribution in [0.2, 0.25) is 0 Å². The number of alkyl carbamates (subject to hydrolysis) is 1.